The van der Waals surface area contributed by atoms with Crippen LogP contribution in [-0.4, -0.2) is 78.4 Å². The number of carbonyl (C=O) groups excluding carboxylic acids is 1. The molecule has 2 heterocycles. The minimum atomic E-state index is -0.824. The van der Waals surface area contributed by atoms with E-state index in [1.807, 2.05) is 11.8 Å². The summed E-state index contributed by atoms with van der Waals surface area (Å²) < 4.78 is 5.56. The van der Waals surface area contributed by atoms with Gasteiger partial charge in [-0.05, 0) is 19.8 Å². The number of carbonyl (C=O) groups is 2. The Morgan fingerprint density at radius 1 is 1.35 bits per heavy atom. The third-order valence-electron chi connectivity index (χ3n) is 3.89. The van der Waals surface area contributed by atoms with E-state index < -0.39 is 5.97 Å². The number of rotatable bonds is 4. The molecule has 2 unspecified atom stereocenters. The van der Waals surface area contributed by atoms with Gasteiger partial charge in [-0.1, -0.05) is 0 Å². The van der Waals surface area contributed by atoms with E-state index in [0.29, 0.717) is 26.2 Å². The van der Waals surface area contributed by atoms with Crippen LogP contribution in [0.25, 0.3) is 0 Å². The Morgan fingerprint density at radius 2 is 2.05 bits per heavy atom. The molecule has 0 radical (unpaired) electrons. The summed E-state index contributed by atoms with van der Waals surface area (Å²) in [6.45, 7) is 5.13. The molecule has 0 aromatic rings. The van der Waals surface area contributed by atoms with Crippen LogP contribution in [0.15, 0.2) is 0 Å². The lowest BCUT2D eigenvalue weighted by atomic mass is 10.1. The number of carboxylic acid groups (broad SMARTS) is 1. The zero-order valence-corrected chi connectivity index (χ0v) is 11.9. The monoisotopic (exact) mass is 285 g/mol. The van der Waals surface area contributed by atoms with Crippen LogP contribution in [0, 0.1) is 0 Å². The Labute approximate surface area is 118 Å². The number of hydrogen-bond donors (Lipinski definition) is 2. The first-order valence-electron chi connectivity index (χ1n) is 7.17. The van der Waals surface area contributed by atoms with E-state index in [-0.39, 0.29) is 24.7 Å². The van der Waals surface area contributed by atoms with Crippen molar-refractivity contribution in [3.05, 3.63) is 0 Å². The summed E-state index contributed by atoms with van der Waals surface area (Å²) in [5.41, 5.74) is 0. The highest BCUT2D eigenvalue weighted by molar-refractivity contribution is 5.74. The van der Waals surface area contributed by atoms with E-state index in [0.717, 1.165) is 19.4 Å². The Morgan fingerprint density at radius 3 is 2.60 bits per heavy atom. The summed E-state index contributed by atoms with van der Waals surface area (Å²) in [4.78, 5) is 26.3. The fraction of sp³-hybridized carbons (Fsp3) is 0.846. The lowest BCUT2D eigenvalue weighted by Gasteiger charge is -2.34. The van der Waals surface area contributed by atoms with Crippen LogP contribution in [-0.2, 0) is 9.53 Å². The van der Waals surface area contributed by atoms with Gasteiger partial charge in [0, 0.05) is 32.8 Å². The van der Waals surface area contributed by atoms with E-state index in [1.54, 1.807) is 4.90 Å². The van der Waals surface area contributed by atoms with Crippen molar-refractivity contribution < 1.29 is 19.4 Å². The van der Waals surface area contributed by atoms with Crippen molar-refractivity contribution in [1.29, 1.82) is 0 Å². The summed E-state index contributed by atoms with van der Waals surface area (Å²) in [7, 11) is 0. The minimum Gasteiger partial charge on any atom is -0.480 e. The number of piperazine rings is 1. The lowest BCUT2D eigenvalue weighted by Crippen LogP contribution is -2.55. The molecule has 2 aliphatic heterocycles. The Hall–Kier alpha value is -1.34. The topological polar surface area (TPSA) is 82.1 Å². The molecule has 7 nitrogen and oxygen atoms in total. The molecule has 0 aromatic carbocycles. The molecular formula is C13H23N3O4. The number of carboxylic acids is 1. The Balaban J connectivity index is 1.72. The van der Waals surface area contributed by atoms with Crippen LogP contribution < -0.4 is 5.32 Å². The average molecular weight is 285 g/mol. The molecule has 0 bridgehead atoms. The van der Waals surface area contributed by atoms with E-state index in [9.17, 15) is 9.59 Å². The normalized spacial score (nSPS) is 25.4. The van der Waals surface area contributed by atoms with Crippen molar-refractivity contribution in [3.63, 3.8) is 0 Å². The van der Waals surface area contributed by atoms with Gasteiger partial charge in [-0.15, -0.1) is 0 Å². The van der Waals surface area contributed by atoms with E-state index >= 15 is 0 Å². The van der Waals surface area contributed by atoms with E-state index in [4.69, 9.17) is 9.84 Å². The molecule has 2 rings (SSSR count). The van der Waals surface area contributed by atoms with Gasteiger partial charge in [0.25, 0.3) is 0 Å². The zero-order valence-electron chi connectivity index (χ0n) is 11.9. The van der Waals surface area contributed by atoms with Gasteiger partial charge in [0.05, 0.1) is 18.7 Å². The molecule has 2 atom stereocenters. The highest BCUT2D eigenvalue weighted by Gasteiger charge is 2.27. The molecule has 2 N–H and O–H groups in total. The lowest BCUT2D eigenvalue weighted by molar-refractivity contribution is -0.138. The zero-order chi connectivity index (χ0) is 14.5. The Bertz CT molecular complexity index is 350. The van der Waals surface area contributed by atoms with Gasteiger partial charge in [0.15, 0.2) is 0 Å². The maximum Gasteiger partial charge on any atom is 0.317 e. The fourth-order valence-corrected chi connectivity index (χ4v) is 2.68. The summed E-state index contributed by atoms with van der Waals surface area (Å²) in [6.07, 6.45) is 2.17. The number of nitrogens with one attached hydrogen (secondary N) is 1. The summed E-state index contributed by atoms with van der Waals surface area (Å²) in [6, 6.07) is -0.0648. The molecule has 0 aliphatic carbocycles. The molecule has 2 fully saturated rings. The number of hydrogen-bond acceptors (Lipinski definition) is 4. The second kappa shape index (κ2) is 6.90. The molecule has 2 amide bonds. The van der Waals surface area contributed by atoms with Gasteiger partial charge < -0.3 is 20.1 Å². The largest absolute Gasteiger partial charge is 0.480 e. The molecule has 20 heavy (non-hydrogen) atoms. The van der Waals surface area contributed by atoms with Crippen molar-refractivity contribution in [1.82, 2.24) is 15.1 Å². The predicted octanol–water partition coefficient (Wildman–Crippen LogP) is -0.0343. The van der Waals surface area contributed by atoms with Crippen molar-refractivity contribution in [2.75, 3.05) is 39.3 Å². The van der Waals surface area contributed by atoms with Crippen LogP contribution in [0.1, 0.15) is 19.8 Å². The molecule has 0 spiro atoms. The first kappa shape index (κ1) is 15.1. The average Bonchev–Trinajstić information content (AvgIpc) is 2.92. The van der Waals surface area contributed by atoms with Gasteiger partial charge in [-0.3, -0.25) is 9.69 Å². The minimum absolute atomic E-state index is 0.0158. The number of nitrogens with zero attached hydrogens (tertiary/aromatic N) is 2. The third kappa shape index (κ3) is 4.08. The van der Waals surface area contributed by atoms with Crippen molar-refractivity contribution in [2.24, 2.45) is 0 Å². The van der Waals surface area contributed by atoms with Gasteiger partial charge in [0.1, 0.15) is 0 Å². The second-order valence-electron chi connectivity index (χ2n) is 5.45. The number of aliphatic carboxylic acids is 1. The summed E-state index contributed by atoms with van der Waals surface area (Å²) in [5.74, 6) is -0.824. The molecule has 0 saturated carbocycles. The fourth-order valence-electron chi connectivity index (χ4n) is 2.68. The maximum absolute atomic E-state index is 12.1. The highest BCUT2D eigenvalue weighted by atomic mass is 16.5. The first-order valence-corrected chi connectivity index (χ1v) is 7.17. The number of amides is 2. The number of ether oxygens (including phenoxy) is 1. The molecule has 0 aromatic heterocycles. The van der Waals surface area contributed by atoms with Gasteiger partial charge in [-0.2, -0.15) is 0 Å². The van der Waals surface area contributed by atoms with Crippen LogP contribution in [0.2, 0.25) is 0 Å². The van der Waals surface area contributed by atoms with Crippen molar-refractivity contribution in [3.8, 4) is 0 Å². The third-order valence-corrected chi connectivity index (χ3v) is 3.89. The summed E-state index contributed by atoms with van der Waals surface area (Å²) in [5, 5.41) is 11.7. The SMILES string of the molecule is CC(NC(=O)N1CCN(CC(=O)O)CC1)C1CCCO1. The highest BCUT2D eigenvalue weighted by Crippen LogP contribution is 2.15. The smallest absolute Gasteiger partial charge is 0.317 e. The molecular weight excluding hydrogens is 262 g/mol. The van der Waals surface area contributed by atoms with Gasteiger partial charge >= 0.3 is 12.0 Å². The molecule has 7 heteroatoms. The van der Waals surface area contributed by atoms with Gasteiger partial charge in [-0.25, -0.2) is 4.79 Å². The van der Waals surface area contributed by atoms with Crippen LogP contribution >= 0.6 is 0 Å². The van der Waals surface area contributed by atoms with Crippen LogP contribution in [0.5, 0.6) is 0 Å². The van der Waals surface area contributed by atoms with Gasteiger partial charge in [0.2, 0.25) is 0 Å². The molecule has 114 valence electrons. The molecule has 2 saturated heterocycles. The number of urea groups is 1. The second-order valence-corrected chi connectivity index (χ2v) is 5.45. The van der Waals surface area contributed by atoms with Crippen molar-refractivity contribution >= 4 is 12.0 Å². The van der Waals surface area contributed by atoms with E-state index in [2.05, 4.69) is 5.32 Å². The summed E-state index contributed by atoms with van der Waals surface area (Å²) >= 11 is 0. The quantitative estimate of drug-likeness (QED) is 0.758. The Kier molecular flexibility index (Phi) is 5.19. The first-order chi connectivity index (χ1) is 9.56. The van der Waals surface area contributed by atoms with Crippen molar-refractivity contribution in [2.45, 2.75) is 31.9 Å². The van der Waals surface area contributed by atoms with Crippen LogP contribution in [0.3, 0.4) is 0 Å². The molecule has 2 aliphatic rings. The predicted molar refractivity (Wildman–Crippen MR) is 72.6 cm³/mol. The standard InChI is InChI=1S/C13H23N3O4/c1-10(11-3-2-8-20-11)14-13(19)16-6-4-15(5-7-16)9-12(17)18/h10-11H,2-9H2,1H3,(H,14,19)(H,17,18). The van der Waals surface area contributed by atoms with Crippen LogP contribution in [0.4, 0.5) is 4.79 Å². The van der Waals surface area contributed by atoms with E-state index in [1.165, 1.54) is 0 Å². The maximum atomic E-state index is 12.1.